The van der Waals surface area contributed by atoms with Gasteiger partial charge in [-0.3, -0.25) is 19.3 Å². The molecule has 0 spiro atoms. The number of unbranched alkanes of at least 4 members (excludes halogenated alkanes) is 18. The number of carbonyl (C=O) groups excluding carboxylic acids is 4. The first-order valence-corrected chi connectivity index (χ1v) is 19.9. The van der Waals surface area contributed by atoms with Gasteiger partial charge in [-0.25, -0.2) is 4.79 Å². The maximum atomic E-state index is 12.9. The minimum atomic E-state index is -1.02. The highest BCUT2D eigenvalue weighted by Crippen LogP contribution is 2.25. The van der Waals surface area contributed by atoms with Gasteiger partial charge in [-0.2, -0.15) is 0 Å². The summed E-state index contributed by atoms with van der Waals surface area (Å²) >= 11 is 0. The molecule has 0 aromatic carbocycles. The first kappa shape index (κ1) is 42.7. The highest BCUT2D eigenvalue weighted by molar-refractivity contribution is 8.76. The third-order valence-electron chi connectivity index (χ3n) is 7.61. The van der Waals surface area contributed by atoms with Crippen LogP contribution in [0.2, 0.25) is 0 Å². The molecule has 10 heteroatoms. The molecule has 0 saturated carbocycles. The van der Waals surface area contributed by atoms with Gasteiger partial charge in [0.25, 0.3) is 0 Å². The van der Waals surface area contributed by atoms with Crippen LogP contribution in [0, 0.1) is 0 Å². The molecule has 0 aliphatic rings. The second-order valence-electron chi connectivity index (χ2n) is 11.8. The molecule has 0 fully saturated rings. The summed E-state index contributed by atoms with van der Waals surface area (Å²) in [6.45, 7) is 7.63. The van der Waals surface area contributed by atoms with Crippen LogP contribution in [0.1, 0.15) is 156 Å². The molecule has 2 N–H and O–H groups in total. The van der Waals surface area contributed by atoms with Crippen molar-refractivity contribution >= 4 is 45.3 Å². The first-order valence-electron chi connectivity index (χ1n) is 17.4. The zero-order chi connectivity index (χ0) is 32.8. The summed E-state index contributed by atoms with van der Waals surface area (Å²) in [5.41, 5.74) is 6.01. The fraction of sp³-hybridized carbons (Fsp3) is 0.882. The molecular weight excluding hydrogens is 597 g/mol. The molecule has 0 saturated heterocycles. The van der Waals surface area contributed by atoms with Gasteiger partial charge in [0, 0.05) is 25.4 Å². The zero-order valence-corrected chi connectivity index (χ0v) is 30.0. The van der Waals surface area contributed by atoms with Gasteiger partial charge in [0.2, 0.25) is 11.8 Å². The normalized spacial score (nSPS) is 12.5. The largest absolute Gasteiger partial charge is 0.465 e. The summed E-state index contributed by atoms with van der Waals surface area (Å²) in [5.74, 6) is -1.58. The maximum Gasteiger partial charge on any atom is 0.330 e. The molecule has 0 heterocycles. The smallest absolute Gasteiger partial charge is 0.330 e. The van der Waals surface area contributed by atoms with E-state index in [1.807, 2.05) is 0 Å². The summed E-state index contributed by atoms with van der Waals surface area (Å²) in [7, 11) is 2.60. The highest BCUT2D eigenvalue weighted by atomic mass is 33.1. The fourth-order valence-corrected chi connectivity index (χ4v) is 7.23. The molecule has 0 aliphatic carbocycles. The lowest BCUT2D eigenvalue weighted by molar-refractivity contribution is -0.159. The van der Waals surface area contributed by atoms with Crippen molar-refractivity contribution in [3.8, 4) is 0 Å². The second kappa shape index (κ2) is 30.4. The number of esters is 2. The molecule has 8 nitrogen and oxygen atoms in total. The molecule has 1 unspecified atom stereocenters. The Labute approximate surface area is 276 Å². The van der Waals surface area contributed by atoms with Crippen molar-refractivity contribution in [3.63, 3.8) is 0 Å². The predicted octanol–water partition coefficient (Wildman–Crippen LogP) is 8.39. The van der Waals surface area contributed by atoms with Crippen LogP contribution in [0.3, 0.4) is 0 Å². The van der Waals surface area contributed by atoms with Crippen LogP contribution in [0.5, 0.6) is 0 Å². The number of hydrogen-bond donors (Lipinski definition) is 1. The topological polar surface area (TPSA) is 116 Å². The number of imide groups is 1. The third kappa shape index (κ3) is 24.0. The highest BCUT2D eigenvalue weighted by Gasteiger charge is 2.32. The van der Waals surface area contributed by atoms with E-state index in [0.717, 1.165) is 43.4 Å². The van der Waals surface area contributed by atoms with E-state index < -0.39 is 35.8 Å². The van der Waals surface area contributed by atoms with Crippen molar-refractivity contribution in [2.24, 2.45) is 5.73 Å². The summed E-state index contributed by atoms with van der Waals surface area (Å²) in [6.07, 6.45) is 23.9. The Morgan fingerprint density at radius 2 is 0.886 bits per heavy atom. The molecule has 44 heavy (non-hydrogen) atoms. The summed E-state index contributed by atoms with van der Waals surface area (Å²) in [5, 5.41) is 0. The summed E-state index contributed by atoms with van der Waals surface area (Å²) < 4.78 is 10.8. The van der Waals surface area contributed by atoms with E-state index in [2.05, 4.69) is 13.8 Å². The van der Waals surface area contributed by atoms with E-state index in [1.54, 1.807) is 0 Å². The lowest BCUT2D eigenvalue weighted by atomic mass is 10.1. The first-order chi connectivity index (χ1) is 21.3. The molecule has 0 rings (SSSR count). The van der Waals surface area contributed by atoms with Crippen LogP contribution in [-0.4, -0.2) is 65.5 Å². The predicted molar refractivity (Wildman–Crippen MR) is 185 cm³/mol. The molecule has 2 amide bonds. The van der Waals surface area contributed by atoms with Gasteiger partial charge >= 0.3 is 11.9 Å². The molecule has 2 atom stereocenters. The van der Waals surface area contributed by atoms with Crippen LogP contribution >= 0.6 is 21.6 Å². The van der Waals surface area contributed by atoms with Gasteiger partial charge in [0.1, 0.15) is 12.1 Å². The Balaban J connectivity index is 4.27. The molecule has 0 aliphatic heterocycles. The van der Waals surface area contributed by atoms with Crippen LogP contribution in [0.15, 0.2) is 0 Å². The number of ether oxygens (including phenoxy) is 2. The molecule has 0 radical (unpaired) electrons. The van der Waals surface area contributed by atoms with Gasteiger partial charge in [-0.15, -0.1) is 0 Å². The van der Waals surface area contributed by atoms with E-state index in [9.17, 15) is 19.2 Å². The summed E-state index contributed by atoms with van der Waals surface area (Å²) in [4.78, 5) is 50.4. The van der Waals surface area contributed by atoms with Gasteiger partial charge in [0.15, 0.2) is 0 Å². The van der Waals surface area contributed by atoms with Gasteiger partial charge in [0.05, 0.1) is 13.2 Å². The van der Waals surface area contributed by atoms with Crippen LogP contribution < -0.4 is 5.73 Å². The van der Waals surface area contributed by atoms with Crippen molar-refractivity contribution in [1.82, 2.24) is 4.90 Å². The number of hydrogen-bond acceptors (Lipinski definition) is 9. The Kier molecular flexibility index (Phi) is 29.5. The Morgan fingerprint density at radius 3 is 1.27 bits per heavy atom. The van der Waals surface area contributed by atoms with Crippen LogP contribution in [0.25, 0.3) is 0 Å². The van der Waals surface area contributed by atoms with E-state index in [4.69, 9.17) is 15.2 Å². The molecule has 258 valence electrons. The Morgan fingerprint density at radius 1 is 0.545 bits per heavy atom. The van der Waals surface area contributed by atoms with Gasteiger partial charge < -0.3 is 15.2 Å². The Bertz CT molecular complexity index is 741. The summed E-state index contributed by atoms with van der Waals surface area (Å²) in [6, 6.07) is -1.81. The number of amides is 2. The minimum Gasteiger partial charge on any atom is -0.465 e. The van der Waals surface area contributed by atoms with Crippen LogP contribution in [-0.2, 0) is 28.7 Å². The second-order valence-corrected chi connectivity index (χ2v) is 14.4. The van der Waals surface area contributed by atoms with Crippen molar-refractivity contribution < 1.29 is 28.7 Å². The number of rotatable bonds is 30. The van der Waals surface area contributed by atoms with E-state index in [0.29, 0.717) is 12.4 Å². The minimum absolute atomic E-state index is 0.154. The quantitative estimate of drug-likeness (QED) is 0.0461. The number of nitrogens with zero attached hydrogens (tertiary/aromatic N) is 1. The van der Waals surface area contributed by atoms with Crippen molar-refractivity contribution in [3.05, 3.63) is 0 Å². The van der Waals surface area contributed by atoms with E-state index >= 15 is 0 Å². The van der Waals surface area contributed by atoms with Crippen LogP contribution in [0.4, 0.5) is 0 Å². The van der Waals surface area contributed by atoms with Gasteiger partial charge in [-0.05, 0) is 12.8 Å². The van der Waals surface area contributed by atoms with Crippen molar-refractivity contribution in [1.29, 1.82) is 0 Å². The molecule has 0 bridgehead atoms. The number of nitrogens with two attached hydrogens (primary N) is 1. The standard InChI is InChI=1S/C34H64N2O6S2/c1-5-7-9-11-13-15-17-19-21-23-25-41-33(39)31(35)27-43-44-28-32(36(29(3)37)30(4)38)34(40)42-26-24-22-20-18-16-14-12-10-8-6-2/h31-32H,5-28,35H2,1-4H3/t31?,32-/m0/s1. The monoisotopic (exact) mass is 660 g/mol. The molecule has 0 aromatic heterocycles. The lowest BCUT2D eigenvalue weighted by Crippen LogP contribution is -2.49. The fourth-order valence-electron chi connectivity index (χ4n) is 4.94. The Hall–Kier alpha value is -1.26. The number of carbonyl (C=O) groups is 4. The van der Waals surface area contributed by atoms with E-state index in [-0.39, 0.29) is 12.4 Å². The average Bonchev–Trinajstić information content (AvgIpc) is 2.99. The molecular formula is C34H64N2O6S2. The van der Waals surface area contributed by atoms with Gasteiger partial charge in [-0.1, -0.05) is 151 Å². The maximum absolute atomic E-state index is 12.9. The van der Waals surface area contributed by atoms with Crippen molar-refractivity contribution in [2.75, 3.05) is 24.7 Å². The van der Waals surface area contributed by atoms with E-state index in [1.165, 1.54) is 125 Å². The lowest BCUT2D eigenvalue weighted by Gasteiger charge is -2.26. The molecule has 0 aromatic rings. The zero-order valence-electron chi connectivity index (χ0n) is 28.4. The van der Waals surface area contributed by atoms with Crippen molar-refractivity contribution in [2.45, 2.75) is 168 Å². The SMILES string of the molecule is CCCCCCCCCCCCOC(=O)C(N)CSSC[C@@H](C(=O)OCCCCCCCCCCCC)N(C(C)=O)C(C)=O. The third-order valence-corrected chi connectivity index (χ3v) is 10.0. The average molecular weight is 661 g/mol.